The van der Waals surface area contributed by atoms with Crippen LogP contribution >= 0.6 is 22.6 Å². The van der Waals surface area contributed by atoms with E-state index in [9.17, 15) is 4.79 Å². The molecule has 0 bridgehead atoms. The van der Waals surface area contributed by atoms with E-state index in [1.807, 2.05) is 12.2 Å². The molecule has 1 rings (SSSR count). The summed E-state index contributed by atoms with van der Waals surface area (Å²) in [6.07, 6.45) is 13.2. The summed E-state index contributed by atoms with van der Waals surface area (Å²) in [7, 11) is 0. The zero-order valence-electron chi connectivity index (χ0n) is 14.7. The lowest BCUT2D eigenvalue weighted by Crippen LogP contribution is -2.19. The smallest absolute Gasteiger partial charge is 0.328 e. The highest BCUT2D eigenvalue weighted by atomic mass is 127. The Kier molecular flexibility index (Phi) is 7.52. The van der Waals surface area contributed by atoms with E-state index in [0.29, 0.717) is 0 Å². The van der Waals surface area contributed by atoms with Crippen LogP contribution in [0.4, 0.5) is 0 Å². The van der Waals surface area contributed by atoms with Crippen molar-refractivity contribution < 1.29 is 9.90 Å². The Bertz CT molecular complexity index is 614. The fourth-order valence-corrected chi connectivity index (χ4v) is 3.24. The molecule has 3 heteroatoms. The second-order valence-corrected chi connectivity index (χ2v) is 8.02. The number of halogens is 1. The van der Waals surface area contributed by atoms with Crippen LogP contribution in [0.5, 0.6) is 0 Å². The van der Waals surface area contributed by atoms with Crippen molar-refractivity contribution in [1.82, 2.24) is 0 Å². The summed E-state index contributed by atoms with van der Waals surface area (Å²) in [5.74, 6) is -0.912. The van der Waals surface area contributed by atoms with Crippen LogP contribution in [0.3, 0.4) is 0 Å². The molecular weight excluding hydrogens is 399 g/mol. The molecule has 1 N–H and O–H groups in total. The molecule has 1 aliphatic rings. The van der Waals surface area contributed by atoms with Crippen LogP contribution in [0.15, 0.2) is 56.3 Å². The summed E-state index contributed by atoms with van der Waals surface area (Å²) in [5, 5.41) is 8.72. The first-order chi connectivity index (χ1) is 10.6. The van der Waals surface area contributed by atoms with E-state index in [4.69, 9.17) is 5.11 Å². The molecule has 0 amide bonds. The SMILES string of the molecule is CC1=C(/C=C/C(C)=C(I)/C=C/C(C)=C/C(=O)O)C(C)(C)CCC1. The van der Waals surface area contributed by atoms with Gasteiger partial charge >= 0.3 is 5.97 Å². The van der Waals surface area contributed by atoms with Crippen molar-refractivity contribution in [3.05, 3.63) is 56.3 Å². The number of carboxylic acid groups (broad SMARTS) is 1. The maximum absolute atomic E-state index is 10.6. The highest BCUT2D eigenvalue weighted by molar-refractivity contribution is 14.1. The van der Waals surface area contributed by atoms with Gasteiger partial charge in [-0.2, -0.15) is 0 Å². The van der Waals surface area contributed by atoms with Gasteiger partial charge in [0.2, 0.25) is 0 Å². The highest BCUT2D eigenvalue weighted by Gasteiger charge is 2.26. The van der Waals surface area contributed by atoms with Crippen molar-refractivity contribution >= 4 is 28.6 Å². The molecule has 0 fully saturated rings. The third-order valence-corrected chi connectivity index (χ3v) is 5.47. The molecule has 0 unspecified atom stereocenters. The van der Waals surface area contributed by atoms with Gasteiger partial charge in [0.05, 0.1) is 0 Å². The first-order valence-corrected chi connectivity index (χ1v) is 9.05. The molecule has 0 heterocycles. The van der Waals surface area contributed by atoms with E-state index in [1.54, 1.807) is 6.92 Å². The molecule has 1 aliphatic carbocycles. The zero-order chi connectivity index (χ0) is 17.6. The molecule has 0 aliphatic heterocycles. The number of aliphatic carboxylic acids is 1. The topological polar surface area (TPSA) is 37.3 Å². The number of allylic oxidation sites excluding steroid dienone is 9. The molecule has 0 saturated carbocycles. The van der Waals surface area contributed by atoms with E-state index in [0.717, 1.165) is 9.15 Å². The molecule has 0 spiro atoms. The molecule has 0 aromatic heterocycles. The first kappa shape index (κ1) is 19.9. The van der Waals surface area contributed by atoms with E-state index >= 15 is 0 Å². The van der Waals surface area contributed by atoms with Crippen LogP contribution in [0.2, 0.25) is 0 Å². The van der Waals surface area contributed by atoms with Crippen molar-refractivity contribution in [2.24, 2.45) is 5.41 Å². The van der Waals surface area contributed by atoms with Crippen LogP contribution in [0, 0.1) is 5.41 Å². The van der Waals surface area contributed by atoms with E-state index < -0.39 is 5.97 Å². The normalized spacial score (nSPS) is 20.3. The van der Waals surface area contributed by atoms with Gasteiger partial charge in [0, 0.05) is 9.66 Å². The maximum atomic E-state index is 10.6. The second kappa shape index (κ2) is 8.67. The van der Waals surface area contributed by atoms with Crippen LogP contribution in [-0.4, -0.2) is 11.1 Å². The van der Waals surface area contributed by atoms with Gasteiger partial charge in [-0.1, -0.05) is 37.6 Å². The quantitative estimate of drug-likeness (QED) is 0.315. The van der Waals surface area contributed by atoms with Crippen molar-refractivity contribution in [3.63, 3.8) is 0 Å². The van der Waals surface area contributed by atoms with Gasteiger partial charge in [-0.3, -0.25) is 0 Å². The largest absolute Gasteiger partial charge is 0.478 e. The Labute approximate surface area is 153 Å². The van der Waals surface area contributed by atoms with Crippen LogP contribution in [-0.2, 0) is 4.79 Å². The lowest BCUT2D eigenvalue weighted by molar-refractivity contribution is -0.131. The molecule has 0 radical (unpaired) electrons. The lowest BCUT2D eigenvalue weighted by atomic mass is 9.72. The minimum absolute atomic E-state index is 0.251. The number of hydrogen-bond acceptors (Lipinski definition) is 1. The summed E-state index contributed by atoms with van der Waals surface area (Å²) in [4.78, 5) is 10.6. The minimum Gasteiger partial charge on any atom is -0.478 e. The molecule has 0 atom stereocenters. The van der Waals surface area contributed by atoms with Gasteiger partial charge in [0.15, 0.2) is 0 Å². The van der Waals surface area contributed by atoms with Crippen LogP contribution < -0.4 is 0 Å². The van der Waals surface area contributed by atoms with Crippen LogP contribution in [0.1, 0.15) is 53.9 Å². The fourth-order valence-electron chi connectivity index (χ4n) is 2.88. The molecule has 126 valence electrons. The average molecular weight is 426 g/mol. The minimum atomic E-state index is -0.912. The monoisotopic (exact) mass is 426 g/mol. The maximum Gasteiger partial charge on any atom is 0.328 e. The van der Waals surface area contributed by atoms with Gasteiger partial charge in [0.1, 0.15) is 0 Å². The highest BCUT2D eigenvalue weighted by Crippen LogP contribution is 2.40. The van der Waals surface area contributed by atoms with Crippen molar-refractivity contribution in [3.8, 4) is 0 Å². The van der Waals surface area contributed by atoms with Gasteiger partial charge in [0.25, 0.3) is 0 Å². The zero-order valence-corrected chi connectivity index (χ0v) is 16.9. The standard InChI is InChI=1S/C20H27IO2/c1-14(13-19(22)23)8-11-18(21)16(3)9-10-17-15(2)7-6-12-20(17,4)5/h8-11,13H,6-7,12H2,1-5H3,(H,22,23)/b10-9+,11-8+,14-13+,18-16-. The summed E-state index contributed by atoms with van der Waals surface area (Å²) in [5.41, 5.74) is 5.12. The number of carbonyl (C=O) groups is 1. The van der Waals surface area contributed by atoms with Crippen LogP contribution in [0.25, 0.3) is 0 Å². The summed E-state index contributed by atoms with van der Waals surface area (Å²) < 4.78 is 1.11. The van der Waals surface area contributed by atoms with Gasteiger partial charge < -0.3 is 5.11 Å². The number of rotatable bonds is 5. The molecule has 0 saturated heterocycles. The van der Waals surface area contributed by atoms with Crippen molar-refractivity contribution in [2.75, 3.05) is 0 Å². The Balaban J connectivity index is 2.94. The predicted molar refractivity (Wildman–Crippen MR) is 107 cm³/mol. The molecule has 23 heavy (non-hydrogen) atoms. The van der Waals surface area contributed by atoms with E-state index in [2.05, 4.69) is 62.4 Å². The number of carboxylic acids is 1. The Morgan fingerprint density at radius 3 is 2.43 bits per heavy atom. The molecule has 0 aromatic rings. The first-order valence-electron chi connectivity index (χ1n) is 7.97. The predicted octanol–water partition coefficient (Wildman–Crippen LogP) is 6.37. The summed E-state index contributed by atoms with van der Waals surface area (Å²) >= 11 is 2.29. The third kappa shape index (κ3) is 6.50. The van der Waals surface area contributed by atoms with Crippen molar-refractivity contribution in [2.45, 2.75) is 53.9 Å². The molecule has 0 aromatic carbocycles. The van der Waals surface area contributed by atoms with E-state index in [-0.39, 0.29) is 5.41 Å². The van der Waals surface area contributed by atoms with Gasteiger partial charge in [-0.25, -0.2) is 4.79 Å². The average Bonchev–Trinajstić information content (AvgIpc) is 2.42. The van der Waals surface area contributed by atoms with Crippen molar-refractivity contribution in [1.29, 1.82) is 0 Å². The Morgan fingerprint density at radius 2 is 1.87 bits per heavy atom. The van der Waals surface area contributed by atoms with Gasteiger partial charge in [-0.15, -0.1) is 0 Å². The summed E-state index contributed by atoms with van der Waals surface area (Å²) in [6.45, 7) is 10.8. The fraction of sp³-hybridized carbons (Fsp3) is 0.450. The molecular formula is C20H27IO2. The third-order valence-electron chi connectivity index (χ3n) is 4.26. The molecule has 2 nitrogen and oxygen atoms in total. The number of hydrogen-bond donors (Lipinski definition) is 1. The summed E-state index contributed by atoms with van der Waals surface area (Å²) in [6, 6.07) is 0. The Hall–Kier alpha value is -1.10. The van der Waals surface area contributed by atoms with E-state index in [1.165, 1.54) is 42.1 Å². The van der Waals surface area contributed by atoms with Gasteiger partial charge in [-0.05, 0) is 90.8 Å². The Morgan fingerprint density at radius 1 is 1.22 bits per heavy atom. The lowest BCUT2D eigenvalue weighted by Gasteiger charge is -2.33. The second-order valence-electron chi connectivity index (χ2n) is 6.86.